The Morgan fingerprint density at radius 3 is 2.66 bits per heavy atom. The number of furan rings is 1. The number of pyridine rings is 1. The second kappa shape index (κ2) is 8.51. The van der Waals surface area contributed by atoms with Gasteiger partial charge in [0.05, 0.1) is 5.69 Å². The number of piperazine rings is 1. The van der Waals surface area contributed by atoms with Crippen molar-refractivity contribution in [3.8, 4) is 11.3 Å². The zero-order valence-electron chi connectivity index (χ0n) is 16.7. The van der Waals surface area contributed by atoms with E-state index in [-0.39, 0.29) is 36.1 Å². The van der Waals surface area contributed by atoms with Gasteiger partial charge in [0.25, 0.3) is 5.91 Å². The Hall–Kier alpha value is -2.44. The molecule has 0 saturated carbocycles. The number of halogens is 2. The van der Waals surface area contributed by atoms with Crippen LogP contribution in [0, 0.1) is 5.82 Å². The van der Waals surface area contributed by atoms with Crippen molar-refractivity contribution in [2.75, 3.05) is 19.6 Å². The summed E-state index contributed by atoms with van der Waals surface area (Å²) < 4.78 is 19.3. The number of hydrogen-bond donors (Lipinski definition) is 1. The van der Waals surface area contributed by atoms with Crippen LogP contribution in [0.3, 0.4) is 0 Å². The van der Waals surface area contributed by atoms with E-state index in [1.807, 2.05) is 17.9 Å². The number of nitrogens with zero attached hydrogens (tertiary/aromatic N) is 2. The zero-order chi connectivity index (χ0) is 19.8. The van der Waals surface area contributed by atoms with Gasteiger partial charge < -0.3 is 14.6 Å². The van der Waals surface area contributed by atoms with Gasteiger partial charge in [0.1, 0.15) is 11.3 Å². The molecule has 7 heteroatoms. The van der Waals surface area contributed by atoms with Gasteiger partial charge in [0.15, 0.2) is 11.3 Å². The van der Waals surface area contributed by atoms with E-state index in [2.05, 4.69) is 24.1 Å². The van der Waals surface area contributed by atoms with Gasteiger partial charge in [-0.05, 0) is 43.2 Å². The number of carbonyl (C=O) groups excluding carboxylic acids is 1. The van der Waals surface area contributed by atoms with Crippen LogP contribution < -0.4 is 5.32 Å². The Balaban J connectivity index is 0.00000240. The molecule has 1 fully saturated rings. The highest BCUT2D eigenvalue weighted by molar-refractivity contribution is 5.96. The number of rotatable bonds is 3. The maximum absolute atomic E-state index is 13.3. The third kappa shape index (κ3) is 4.14. The molecule has 1 N–H and O–H groups in total. The smallest absolute Gasteiger partial charge is 0.289 e. The van der Waals surface area contributed by atoms with Crippen LogP contribution in [-0.2, 0) is 0 Å². The molecule has 1 saturated heterocycles. The first-order valence-electron chi connectivity index (χ1n) is 9.66. The summed E-state index contributed by atoms with van der Waals surface area (Å²) in [6.07, 6.45) is 0. The van der Waals surface area contributed by atoms with Gasteiger partial charge in [-0.2, -0.15) is 0 Å². The van der Waals surface area contributed by atoms with Crippen molar-refractivity contribution in [1.29, 1.82) is 0 Å². The molecular formula is C22H25ClFN3O2. The van der Waals surface area contributed by atoms with E-state index >= 15 is 0 Å². The van der Waals surface area contributed by atoms with Crippen molar-refractivity contribution in [1.82, 2.24) is 15.2 Å². The standard InChI is InChI=1S/C22H24FN3O2.ClH/c1-13(2)17-10-18(15-4-6-16(23)7-5-15)25-19-11-20(28-21(17)19)22(27)26-9-8-24-12-14(26)3;/h4-7,10-11,13-14,24H,8-9,12H2,1-3H3;1H/t14-;/m1./s1. The first-order valence-corrected chi connectivity index (χ1v) is 9.66. The lowest BCUT2D eigenvalue weighted by Gasteiger charge is -2.33. The minimum Gasteiger partial charge on any atom is -0.449 e. The van der Waals surface area contributed by atoms with Crippen LogP contribution in [0.5, 0.6) is 0 Å². The summed E-state index contributed by atoms with van der Waals surface area (Å²) in [5, 5.41) is 3.29. The van der Waals surface area contributed by atoms with E-state index < -0.39 is 0 Å². The van der Waals surface area contributed by atoms with Gasteiger partial charge >= 0.3 is 0 Å². The number of carbonyl (C=O) groups is 1. The maximum atomic E-state index is 13.3. The summed E-state index contributed by atoms with van der Waals surface area (Å²) in [5.41, 5.74) is 3.85. The quantitative estimate of drug-likeness (QED) is 0.675. The van der Waals surface area contributed by atoms with Crippen molar-refractivity contribution in [2.45, 2.75) is 32.7 Å². The van der Waals surface area contributed by atoms with E-state index in [4.69, 9.17) is 4.42 Å². The number of hydrogen-bond acceptors (Lipinski definition) is 4. The lowest BCUT2D eigenvalue weighted by molar-refractivity contribution is 0.0625. The molecule has 1 aromatic carbocycles. The summed E-state index contributed by atoms with van der Waals surface area (Å²) in [5.74, 6) is 0.117. The van der Waals surface area contributed by atoms with Crippen LogP contribution in [0.2, 0.25) is 0 Å². The van der Waals surface area contributed by atoms with Crippen LogP contribution in [0.4, 0.5) is 4.39 Å². The van der Waals surface area contributed by atoms with Crippen LogP contribution >= 0.6 is 12.4 Å². The van der Waals surface area contributed by atoms with Gasteiger partial charge in [-0.15, -0.1) is 12.4 Å². The van der Waals surface area contributed by atoms with Crippen LogP contribution in [0.1, 0.15) is 42.8 Å². The van der Waals surface area contributed by atoms with Crippen LogP contribution in [0.25, 0.3) is 22.4 Å². The predicted molar refractivity (Wildman–Crippen MR) is 114 cm³/mol. The van der Waals surface area contributed by atoms with E-state index in [0.717, 1.165) is 29.9 Å². The Labute approximate surface area is 175 Å². The number of fused-ring (bicyclic) bond motifs is 1. The predicted octanol–water partition coefficient (Wildman–Crippen LogP) is 4.61. The first kappa shape index (κ1) is 21.3. The fourth-order valence-corrected chi connectivity index (χ4v) is 3.63. The molecule has 1 amide bonds. The number of nitrogens with one attached hydrogen (secondary N) is 1. The zero-order valence-corrected chi connectivity index (χ0v) is 17.6. The molecule has 5 nitrogen and oxygen atoms in total. The first-order chi connectivity index (χ1) is 13.4. The van der Waals surface area contributed by atoms with Crippen molar-refractivity contribution >= 4 is 29.4 Å². The average molecular weight is 418 g/mol. The van der Waals surface area contributed by atoms with Crippen molar-refractivity contribution < 1.29 is 13.6 Å². The molecular weight excluding hydrogens is 393 g/mol. The monoisotopic (exact) mass is 417 g/mol. The Kier molecular flexibility index (Phi) is 6.24. The van der Waals surface area contributed by atoms with Crippen molar-refractivity contribution in [3.05, 3.63) is 53.5 Å². The van der Waals surface area contributed by atoms with E-state index in [0.29, 0.717) is 23.4 Å². The van der Waals surface area contributed by atoms with Gasteiger partial charge in [-0.3, -0.25) is 4.79 Å². The summed E-state index contributed by atoms with van der Waals surface area (Å²) in [6, 6.07) is 10.1. The summed E-state index contributed by atoms with van der Waals surface area (Å²) in [4.78, 5) is 19.5. The highest BCUT2D eigenvalue weighted by atomic mass is 35.5. The average Bonchev–Trinajstić information content (AvgIpc) is 3.11. The summed E-state index contributed by atoms with van der Waals surface area (Å²) in [6.45, 7) is 8.38. The van der Waals surface area contributed by atoms with E-state index in [1.165, 1.54) is 12.1 Å². The molecule has 3 aromatic rings. The molecule has 4 rings (SSSR count). The molecule has 0 unspecified atom stereocenters. The molecule has 0 spiro atoms. The molecule has 0 radical (unpaired) electrons. The van der Waals surface area contributed by atoms with Gasteiger partial charge in [0.2, 0.25) is 0 Å². The largest absolute Gasteiger partial charge is 0.449 e. The SMILES string of the molecule is CC(C)c1cc(-c2ccc(F)cc2)nc2cc(C(=O)N3CCNC[C@H]3C)oc12.Cl. The minimum absolute atomic E-state index is 0. The minimum atomic E-state index is -0.282. The highest BCUT2D eigenvalue weighted by Crippen LogP contribution is 2.32. The molecule has 3 heterocycles. The summed E-state index contributed by atoms with van der Waals surface area (Å²) in [7, 11) is 0. The molecule has 1 aliphatic rings. The molecule has 1 atom stereocenters. The molecule has 0 aliphatic carbocycles. The van der Waals surface area contributed by atoms with E-state index in [9.17, 15) is 9.18 Å². The molecule has 154 valence electrons. The highest BCUT2D eigenvalue weighted by Gasteiger charge is 2.27. The second-order valence-corrected chi connectivity index (χ2v) is 7.64. The second-order valence-electron chi connectivity index (χ2n) is 7.64. The fourth-order valence-electron chi connectivity index (χ4n) is 3.63. The molecule has 0 bridgehead atoms. The van der Waals surface area contributed by atoms with E-state index in [1.54, 1.807) is 18.2 Å². The molecule has 1 aliphatic heterocycles. The number of aromatic nitrogens is 1. The van der Waals surface area contributed by atoms with Gasteiger partial charge in [0, 0.05) is 42.9 Å². The number of benzene rings is 1. The summed E-state index contributed by atoms with van der Waals surface area (Å²) >= 11 is 0. The van der Waals surface area contributed by atoms with Crippen LogP contribution in [-0.4, -0.2) is 41.5 Å². The third-order valence-corrected chi connectivity index (χ3v) is 5.24. The topological polar surface area (TPSA) is 58.4 Å². The molecule has 29 heavy (non-hydrogen) atoms. The van der Waals surface area contributed by atoms with Crippen molar-refractivity contribution in [2.24, 2.45) is 0 Å². The Bertz CT molecular complexity index is 1020. The third-order valence-electron chi connectivity index (χ3n) is 5.24. The normalized spacial score (nSPS) is 16.9. The number of amides is 1. The maximum Gasteiger partial charge on any atom is 0.289 e. The fraction of sp³-hybridized carbons (Fsp3) is 0.364. The lowest BCUT2D eigenvalue weighted by atomic mass is 10.00. The van der Waals surface area contributed by atoms with Crippen LogP contribution in [0.15, 0.2) is 40.8 Å². The van der Waals surface area contributed by atoms with Gasteiger partial charge in [-0.25, -0.2) is 9.37 Å². The van der Waals surface area contributed by atoms with Crippen molar-refractivity contribution in [3.63, 3.8) is 0 Å². The molecule has 2 aromatic heterocycles. The Morgan fingerprint density at radius 2 is 2.00 bits per heavy atom. The van der Waals surface area contributed by atoms with Gasteiger partial charge in [-0.1, -0.05) is 13.8 Å². The Morgan fingerprint density at radius 1 is 1.28 bits per heavy atom. The lowest BCUT2D eigenvalue weighted by Crippen LogP contribution is -2.52.